The first-order valence-corrected chi connectivity index (χ1v) is 11.5. The van der Waals surface area contributed by atoms with Crippen LogP contribution in [-0.2, 0) is 19.6 Å². The summed E-state index contributed by atoms with van der Waals surface area (Å²) in [6.45, 7) is 3.33. The monoisotopic (exact) mass is 464 g/mol. The van der Waals surface area contributed by atoms with Crippen molar-refractivity contribution in [2.45, 2.75) is 31.6 Å². The van der Waals surface area contributed by atoms with Crippen molar-refractivity contribution in [3.05, 3.63) is 56.4 Å². The maximum atomic E-state index is 13.0. The normalized spacial score (nSPS) is 17.0. The minimum Gasteiger partial charge on any atom is -0.462 e. The number of sulfonamides is 1. The number of H-pyrrole nitrogens is 2. The van der Waals surface area contributed by atoms with Crippen LogP contribution in [0.25, 0.3) is 0 Å². The van der Waals surface area contributed by atoms with Crippen LogP contribution in [-0.4, -0.2) is 54.3 Å². The highest BCUT2D eigenvalue weighted by Gasteiger charge is 2.36. The molecule has 1 aliphatic rings. The molecule has 172 valence electrons. The van der Waals surface area contributed by atoms with Crippen LogP contribution in [0, 0.1) is 12.8 Å². The second kappa shape index (κ2) is 9.49. The van der Waals surface area contributed by atoms with Gasteiger partial charge in [-0.3, -0.25) is 14.6 Å². The molecule has 0 bridgehead atoms. The Morgan fingerprint density at radius 1 is 1.19 bits per heavy atom. The summed E-state index contributed by atoms with van der Waals surface area (Å²) in [7, 11) is -4.21. The Labute approximate surface area is 183 Å². The first-order valence-electron chi connectivity index (χ1n) is 10.0. The number of aromatic amines is 2. The van der Waals surface area contributed by atoms with Gasteiger partial charge in [0.2, 0.25) is 15.9 Å². The molecule has 11 nitrogen and oxygen atoms in total. The summed E-state index contributed by atoms with van der Waals surface area (Å²) in [5.41, 5.74) is -1.06. The molecule has 1 fully saturated rings. The van der Waals surface area contributed by atoms with E-state index in [4.69, 9.17) is 4.74 Å². The number of nitrogens with zero attached hydrogens (tertiary/aromatic N) is 1. The number of carbonyl (C=O) groups is 2. The van der Waals surface area contributed by atoms with Crippen LogP contribution in [0.4, 0.5) is 5.69 Å². The standard InChI is InChI=1S/C20H24N4O7S/c1-3-31-19(27)13-6-8-15(9-7-13)22-17(25)14-5-4-10-24(11-14)32(29,30)16-12(2)21-20(28)23-18(16)26/h6-9,14H,3-5,10-11H2,1-2H3,(H,22,25)(H2,21,23,26,28)/t14-/m0/s1. The van der Waals surface area contributed by atoms with Gasteiger partial charge in [-0.1, -0.05) is 0 Å². The van der Waals surface area contributed by atoms with Crippen LogP contribution in [0.5, 0.6) is 0 Å². The lowest BCUT2D eigenvalue weighted by Crippen LogP contribution is -2.45. The smallest absolute Gasteiger partial charge is 0.338 e. The highest BCUT2D eigenvalue weighted by molar-refractivity contribution is 7.89. The first kappa shape index (κ1) is 23.4. The average Bonchev–Trinajstić information content (AvgIpc) is 2.73. The molecule has 1 aromatic heterocycles. The van der Waals surface area contributed by atoms with Crippen molar-refractivity contribution in [3.63, 3.8) is 0 Å². The van der Waals surface area contributed by atoms with Crippen LogP contribution >= 0.6 is 0 Å². The SMILES string of the molecule is CCOC(=O)c1ccc(NC(=O)[C@H]2CCCN(S(=O)(=O)c3c(C)[nH]c(=O)[nH]c3=O)C2)cc1. The number of ether oxygens (including phenoxy) is 1. The fourth-order valence-electron chi connectivity index (χ4n) is 3.55. The number of rotatable bonds is 6. The highest BCUT2D eigenvalue weighted by atomic mass is 32.2. The van der Waals surface area contributed by atoms with Gasteiger partial charge in [-0.25, -0.2) is 18.0 Å². The number of carbonyl (C=O) groups excluding carboxylic acids is 2. The summed E-state index contributed by atoms with van der Waals surface area (Å²) >= 11 is 0. The molecule has 1 amide bonds. The third kappa shape index (κ3) is 4.97. The summed E-state index contributed by atoms with van der Waals surface area (Å²) in [4.78, 5) is 51.6. The first-order chi connectivity index (χ1) is 15.1. The van der Waals surface area contributed by atoms with E-state index < -0.39 is 38.1 Å². The summed E-state index contributed by atoms with van der Waals surface area (Å²) < 4.78 is 32.1. The summed E-state index contributed by atoms with van der Waals surface area (Å²) in [5, 5.41) is 2.72. The summed E-state index contributed by atoms with van der Waals surface area (Å²) in [6.07, 6.45) is 0.902. The highest BCUT2D eigenvalue weighted by Crippen LogP contribution is 2.24. The van der Waals surface area contributed by atoms with Crippen LogP contribution in [0.15, 0.2) is 38.8 Å². The van der Waals surface area contributed by atoms with E-state index in [-0.39, 0.29) is 31.3 Å². The summed E-state index contributed by atoms with van der Waals surface area (Å²) in [6, 6.07) is 6.17. The minimum absolute atomic E-state index is 0.0629. The number of benzene rings is 1. The van der Waals surface area contributed by atoms with Crippen molar-refractivity contribution in [1.82, 2.24) is 14.3 Å². The van der Waals surface area contributed by atoms with Gasteiger partial charge >= 0.3 is 11.7 Å². The topological polar surface area (TPSA) is 158 Å². The molecule has 12 heteroatoms. The lowest BCUT2D eigenvalue weighted by Gasteiger charge is -2.31. The van der Waals surface area contributed by atoms with E-state index >= 15 is 0 Å². The maximum absolute atomic E-state index is 13.0. The Bertz CT molecular complexity index is 1230. The Hall–Kier alpha value is -3.25. The van der Waals surface area contributed by atoms with E-state index in [2.05, 4.69) is 10.3 Å². The van der Waals surface area contributed by atoms with Gasteiger partial charge in [0, 0.05) is 24.5 Å². The van der Waals surface area contributed by atoms with Crippen LogP contribution in [0.1, 0.15) is 35.8 Å². The third-order valence-corrected chi connectivity index (χ3v) is 7.11. The van der Waals surface area contributed by atoms with E-state index in [1.165, 1.54) is 19.1 Å². The molecule has 32 heavy (non-hydrogen) atoms. The molecule has 0 radical (unpaired) electrons. The van der Waals surface area contributed by atoms with E-state index in [1.54, 1.807) is 19.1 Å². The molecule has 2 aromatic rings. The molecule has 0 saturated carbocycles. The molecule has 3 N–H and O–H groups in total. The Kier molecular flexibility index (Phi) is 6.94. The van der Waals surface area contributed by atoms with Crippen molar-refractivity contribution >= 4 is 27.6 Å². The fraction of sp³-hybridized carbons (Fsp3) is 0.400. The molecular formula is C20H24N4O7S. The van der Waals surface area contributed by atoms with Crippen LogP contribution in [0.3, 0.4) is 0 Å². The van der Waals surface area contributed by atoms with E-state index in [1.807, 2.05) is 4.98 Å². The number of aromatic nitrogens is 2. The second-order valence-corrected chi connectivity index (χ2v) is 9.23. The van der Waals surface area contributed by atoms with Gasteiger partial charge in [0.1, 0.15) is 0 Å². The molecule has 1 aromatic carbocycles. The second-order valence-electron chi connectivity index (χ2n) is 7.35. The molecule has 1 atom stereocenters. The predicted molar refractivity (Wildman–Crippen MR) is 115 cm³/mol. The van der Waals surface area contributed by atoms with Gasteiger partial charge in [-0.15, -0.1) is 0 Å². The van der Waals surface area contributed by atoms with Crippen molar-refractivity contribution in [3.8, 4) is 0 Å². The average molecular weight is 465 g/mol. The molecule has 0 spiro atoms. The lowest BCUT2D eigenvalue weighted by atomic mass is 9.98. The molecule has 0 aliphatic carbocycles. The van der Waals surface area contributed by atoms with E-state index in [0.29, 0.717) is 24.1 Å². The Morgan fingerprint density at radius 3 is 2.50 bits per heavy atom. The molecular weight excluding hydrogens is 440 g/mol. The Balaban J connectivity index is 1.73. The van der Waals surface area contributed by atoms with E-state index in [9.17, 15) is 27.6 Å². The number of hydrogen-bond donors (Lipinski definition) is 3. The van der Waals surface area contributed by atoms with Gasteiger partial charge in [0.25, 0.3) is 5.56 Å². The Morgan fingerprint density at radius 2 is 1.88 bits per heavy atom. The predicted octanol–water partition coefficient (Wildman–Crippen LogP) is 0.588. The van der Waals surface area contributed by atoms with Gasteiger partial charge in [0.05, 0.1) is 18.1 Å². The molecule has 1 saturated heterocycles. The number of amides is 1. The van der Waals surface area contributed by atoms with E-state index in [0.717, 1.165) is 4.31 Å². The van der Waals surface area contributed by atoms with Crippen molar-refractivity contribution in [1.29, 1.82) is 0 Å². The number of esters is 1. The largest absolute Gasteiger partial charge is 0.462 e. The molecule has 2 heterocycles. The zero-order chi connectivity index (χ0) is 23.5. The quantitative estimate of drug-likeness (QED) is 0.528. The molecule has 3 rings (SSSR count). The lowest BCUT2D eigenvalue weighted by molar-refractivity contribution is -0.120. The zero-order valence-electron chi connectivity index (χ0n) is 17.6. The van der Waals surface area contributed by atoms with Gasteiger partial charge in [-0.05, 0) is 51.0 Å². The summed E-state index contributed by atoms with van der Waals surface area (Å²) in [5.74, 6) is -1.47. The number of piperidine rings is 1. The van der Waals surface area contributed by atoms with Gasteiger partial charge in [-0.2, -0.15) is 4.31 Å². The number of anilines is 1. The molecule has 0 unspecified atom stereocenters. The van der Waals surface area contributed by atoms with Crippen LogP contribution in [0.2, 0.25) is 0 Å². The fourth-order valence-corrected chi connectivity index (χ4v) is 5.28. The van der Waals surface area contributed by atoms with Crippen molar-refractivity contribution in [2.24, 2.45) is 5.92 Å². The number of aryl methyl sites for hydroxylation is 1. The maximum Gasteiger partial charge on any atom is 0.338 e. The number of nitrogens with one attached hydrogen (secondary N) is 3. The molecule has 1 aliphatic heterocycles. The van der Waals surface area contributed by atoms with Crippen molar-refractivity contribution < 1.29 is 22.7 Å². The minimum atomic E-state index is -4.21. The zero-order valence-corrected chi connectivity index (χ0v) is 18.5. The van der Waals surface area contributed by atoms with Crippen LogP contribution < -0.4 is 16.6 Å². The van der Waals surface area contributed by atoms with Gasteiger partial charge < -0.3 is 15.0 Å². The van der Waals surface area contributed by atoms with Crippen molar-refractivity contribution in [2.75, 3.05) is 25.0 Å². The third-order valence-electron chi connectivity index (χ3n) is 5.09. The van der Waals surface area contributed by atoms with Gasteiger partial charge in [0.15, 0.2) is 4.90 Å². The number of hydrogen-bond acceptors (Lipinski definition) is 7.